The van der Waals surface area contributed by atoms with Gasteiger partial charge in [-0.25, -0.2) is 17.9 Å². The third kappa shape index (κ3) is 4.55. The summed E-state index contributed by atoms with van der Waals surface area (Å²) in [7, 11) is -4.31. The van der Waals surface area contributed by atoms with Gasteiger partial charge in [-0.05, 0) is 29.8 Å². The molecule has 0 amide bonds. The molecule has 3 N–H and O–H groups in total. The minimum Gasteiger partial charge on any atom is -0.406 e. The van der Waals surface area contributed by atoms with Crippen molar-refractivity contribution in [1.82, 2.24) is 5.16 Å². The van der Waals surface area contributed by atoms with Gasteiger partial charge in [0.25, 0.3) is 0 Å². The maximum atomic E-state index is 14.2. The lowest BCUT2D eigenvalue weighted by atomic mass is 9.99. The molecule has 0 radical (unpaired) electrons. The van der Waals surface area contributed by atoms with Gasteiger partial charge in [-0.3, -0.25) is 0 Å². The molecule has 0 unspecified atom stereocenters. The SMILES string of the molecule is NS(=O)(=O)c1ccc(-c2c(-c3cccc(OC(F)(F)F)c3)noc2CO)cc1F. The quantitative estimate of drug-likeness (QED) is 0.599. The highest BCUT2D eigenvalue weighted by Crippen LogP contribution is 2.37. The number of hydrogen-bond donors (Lipinski definition) is 2. The third-order valence-electron chi connectivity index (χ3n) is 3.77. The van der Waals surface area contributed by atoms with E-state index < -0.39 is 39.5 Å². The molecule has 1 heterocycles. The zero-order valence-electron chi connectivity index (χ0n) is 14.3. The zero-order chi connectivity index (χ0) is 21.4. The largest absolute Gasteiger partial charge is 0.573 e. The van der Waals surface area contributed by atoms with Crippen molar-refractivity contribution in [3.8, 4) is 28.1 Å². The van der Waals surface area contributed by atoms with Gasteiger partial charge in [0.05, 0.1) is 5.56 Å². The number of primary sulfonamides is 1. The molecule has 1 aromatic heterocycles. The topological polar surface area (TPSA) is 116 Å². The molecule has 29 heavy (non-hydrogen) atoms. The lowest BCUT2D eigenvalue weighted by Gasteiger charge is -2.10. The second-order valence-corrected chi connectivity index (χ2v) is 7.28. The number of nitrogens with zero attached hydrogens (tertiary/aromatic N) is 1. The fourth-order valence-electron chi connectivity index (χ4n) is 2.65. The molecule has 3 rings (SSSR count). The summed E-state index contributed by atoms with van der Waals surface area (Å²) in [6.07, 6.45) is -4.91. The predicted octanol–water partition coefficient (Wildman–Crippen LogP) is 3.19. The molecule has 0 bridgehead atoms. The van der Waals surface area contributed by atoms with Gasteiger partial charge in [0.15, 0.2) is 5.76 Å². The minimum atomic E-state index is -4.91. The highest BCUT2D eigenvalue weighted by molar-refractivity contribution is 7.89. The van der Waals surface area contributed by atoms with Crippen LogP contribution in [0.4, 0.5) is 17.6 Å². The highest BCUT2D eigenvalue weighted by atomic mass is 32.2. The molecule has 0 atom stereocenters. The summed E-state index contributed by atoms with van der Waals surface area (Å²) in [5.74, 6) is -1.79. The summed E-state index contributed by atoms with van der Waals surface area (Å²) >= 11 is 0. The molecular weight excluding hydrogens is 420 g/mol. The van der Waals surface area contributed by atoms with E-state index in [4.69, 9.17) is 9.66 Å². The summed E-state index contributed by atoms with van der Waals surface area (Å²) in [6, 6.07) is 7.74. The third-order valence-corrected chi connectivity index (χ3v) is 4.72. The maximum Gasteiger partial charge on any atom is 0.573 e. The van der Waals surface area contributed by atoms with Crippen molar-refractivity contribution in [2.75, 3.05) is 0 Å². The average Bonchev–Trinajstić information content (AvgIpc) is 3.03. The summed E-state index contributed by atoms with van der Waals surface area (Å²) in [5, 5.41) is 18.1. The molecule has 12 heteroatoms. The van der Waals surface area contributed by atoms with Crippen molar-refractivity contribution in [1.29, 1.82) is 0 Å². The van der Waals surface area contributed by atoms with Crippen LogP contribution < -0.4 is 9.88 Å². The first-order chi connectivity index (χ1) is 13.5. The van der Waals surface area contributed by atoms with E-state index in [2.05, 4.69) is 9.89 Å². The van der Waals surface area contributed by atoms with Crippen LogP contribution in [-0.2, 0) is 16.6 Å². The lowest BCUT2D eigenvalue weighted by molar-refractivity contribution is -0.274. The van der Waals surface area contributed by atoms with Crippen molar-refractivity contribution < 1.29 is 40.3 Å². The van der Waals surface area contributed by atoms with E-state index in [1.807, 2.05) is 0 Å². The van der Waals surface area contributed by atoms with Crippen LogP contribution in [0, 0.1) is 5.82 Å². The zero-order valence-corrected chi connectivity index (χ0v) is 15.1. The Kier molecular flexibility index (Phi) is 5.34. The molecule has 0 aliphatic carbocycles. The van der Waals surface area contributed by atoms with Crippen LogP contribution in [0.2, 0.25) is 0 Å². The monoisotopic (exact) mass is 432 g/mol. The molecule has 2 aromatic carbocycles. The van der Waals surface area contributed by atoms with Crippen molar-refractivity contribution in [3.63, 3.8) is 0 Å². The van der Waals surface area contributed by atoms with E-state index in [1.54, 1.807) is 0 Å². The van der Waals surface area contributed by atoms with Crippen LogP contribution in [0.25, 0.3) is 22.4 Å². The number of nitrogens with two attached hydrogens (primary N) is 1. The molecule has 0 fully saturated rings. The number of aromatic nitrogens is 1. The second kappa shape index (κ2) is 7.46. The van der Waals surface area contributed by atoms with Crippen LogP contribution in [0.1, 0.15) is 5.76 Å². The molecule has 3 aromatic rings. The summed E-state index contributed by atoms with van der Waals surface area (Å²) in [4.78, 5) is -0.745. The molecule has 0 saturated heterocycles. The smallest absolute Gasteiger partial charge is 0.406 e. The first-order valence-corrected chi connectivity index (χ1v) is 9.32. The van der Waals surface area contributed by atoms with Gasteiger partial charge in [-0.1, -0.05) is 23.4 Å². The maximum absolute atomic E-state index is 14.2. The number of sulfonamides is 1. The lowest BCUT2D eigenvalue weighted by Crippen LogP contribution is -2.17. The summed E-state index contributed by atoms with van der Waals surface area (Å²) in [6.45, 7) is -0.653. The van der Waals surface area contributed by atoms with E-state index >= 15 is 0 Å². The molecule has 0 aliphatic heterocycles. The van der Waals surface area contributed by atoms with E-state index in [0.717, 1.165) is 24.3 Å². The van der Waals surface area contributed by atoms with Crippen LogP contribution in [-0.4, -0.2) is 25.0 Å². The molecule has 0 spiro atoms. The Balaban J connectivity index is 2.13. The van der Waals surface area contributed by atoms with Gasteiger partial charge in [0.1, 0.15) is 28.8 Å². The normalized spacial score (nSPS) is 12.2. The van der Waals surface area contributed by atoms with E-state index in [9.17, 15) is 31.1 Å². The Hall–Kier alpha value is -2.96. The van der Waals surface area contributed by atoms with Crippen LogP contribution in [0.3, 0.4) is 0 Å². The van der Waals surface area contributed by atoms with Gasteiger partial charge in [0, 0.05) is 5.56 Å². The fraction of sp³-hybridized carbons (Fsp3) is 0.118. The number of halogens is 4. The van der Waals surface area contributed by atoms with Gasteiger partial charge in [0.2, 0.25) is 10.0 Å². The van der Waals surface area contributed by atoms with Crippen LogP contribution in [0.15, 0.2) is 51.9 Å². The number of aliphatic hydroxyl groups excluding tert-OH is 1. The van der Waals surface area contributed by atoms with E-state index in [-0.39, 0.29) is 28.1 Å². The van der Waals surface area contributed by atoms with Crippen LogP contribution >= 0.6 is 0 Å². The van der Waals surface area contributed by atoms with Gasteiger partial charge < -0.3 is 14.4 Å². The Labute approximate surface area is 161 Å². The minimum absolute atomic E-state index is 0.00979. The molecule has 0 aliphatic rings. The summed E-state index contributed by atoms with van der Waals surface area (Å²) < 4.78 is 83.3. The number of benzene rings is 2. The fourth-order valence-corrected chi connectivity index (χ4v) is 3.24. The van der Waals surface area contributed by atoms with Gasteiger partial charge in [-0.15, -0.1) is 13.2 Å². The van der Waals surface area contributed by atoms with Crippen molar-refractivity contribution >= 4 is 10.0 Å². The Morgan fingerprint density at radius 1 is 1.14 bits per heavy atom. The van der Waals surface area contributed by atoms with Crippen molar-refractivity contribution in [2.24, 2.45) is 5.14 Å². The molecule has 0 saturated carbocycles. The highest BCUT2D eigenvalue weighted by Gasteiger charge is 2.31. The number of rotatable bonds is 5. The molecular formula is C17H12F4N2O5S. The van der Waals surface area contributed by atoms with Crippen molar-refractivity contribution in [3.05, 3.63) is 54.0 Å². The molecule has 7 nitrogen and oxygen atoms in total. The van der Waals surface area contributed by atoms with Gasteiger partial charge >= 0.3 is 6.36 Å². The average molecular weight is 432 g/mol. The number of aliphatic hydroxyl groups is 1. The number of hydrogen-bond acceptors (Lipinski definition) is 6. The number of ether oxygens (including phenoxy) is 1. The molecule has 154 valence electrons. The Bertz CT molecular complexity index is 1160. The first-order valence-electron chi connectivity index (χ1n) is 7.78. The standard InChI is InChI=1S/C17H12F4N2O5S/c18-12-7-9(4-5-14(12)29(22,25)26)15-13(8-24)28-23-16(15)10-2-1-3-11(6-10)27-17(19,20)21/h1-7,24H,8H2,(H2,22,25,26). The number of alkyl halides is 3. The predicted molar refractivity (Wildman–Crippen MR) is 91.3 cm³/mol. The van der Waals surface area contributed by atoms with E-state index in [1.165, 1.54) is 18.2 Å². The first kappa shape index (κ1) is 20.8. The summed E-state index contributed by atoms with van der Waals surface area (Å²) in [5.41, 5.74) is 0.249. The van der Waals surface area contributed by atoms with E-state index in [0.29, 0.717) is 0 Å². The van der Waals surface area contributed by atoms with Gasteiger partial charge in [-0.2, -0.15) is 0 Å². The Morgan fingerprint density at radius 3 is 2.45 bits per heavy atom. The Morgan fingerprint density at radius 2 is 1.86 bits per heavy atom. The second-order valence-electron chi connectivity index (χ2n) is 5.75. The van der Waals surface area contributed by atoms with Crippen molar-refractivity contribution in [2.45, 2.75) is 17.9 Å². The van der Waals surface area contributed by atoms with Crippen LogP contribution in [0.5, 0.6) is 5.75 Å².